The van der Waals surface area contributed by atoms with Gasteiger partial charge in [0, 0.05) is 31.3 Å². The fraction of sp³-hybridized carbons (Fsp3) is 0.238. The molecule has 0 unspecified atom stereocenters. The summed E-state index contributed by atoms with van der Waals surface area (Å²) in [5.74, 6) is -0.403. The van der Waals surface area contributed by atoms with E-state index in [2.05, 4.69) is 11.2 Å². The summed E-state index contributed by atoms with van der Waals surface area (Å²) in [4.78, 5) is 15.3. The molecule has 0 bridgehead atoms. The summed E-state index contributed by atoms with van der Waals surface area (Å²) in [6, 6.07) is 15.0. The molecular weight excluding hydrogens is 374 g/mol. The van der Waals surface area contributed by atoms with Crippen LogP contribution >= 0.6 is 0 Å². The molecule has 2 aliphatic rings. The van der Waals surface area contributed by atoms with Gasteiger partial charge in [-0.3, -0.25) is 9.48 Å². The van der Waals surface area contributed by atoms with Gasteiger partial charge in [0.05, 0.1) is 16.3 Å². The van der Waals surface area contributed by atoms with Gasteiger partial charge in [-0.1, -0.05) is 42.5 Å². The van der Waals surface area contributed by atoms with E-state index < -0.39 is 9.84 Å². The van der Waals surface area contributed by atoms with E-state index in [0.717, 1.165) is 12.0 Å². The third kappa shape index (κ3) is 2.50. The molecule has 0 saturated carbocycles. The SMILES string of the molecule is Cn1nc(C(=O)N2CCc3ccccc3C2)c2c1-c1ccccc1S(=O)(=O)C2. The Morgan fingerprint density at radius 2 is 1.75 bits per heavy atom. The number of fused-ring (bicyclic) bond motifs is 4. The first-order chi connectivity index (χ1) is 13.5. The maximum absolute atomic E-state index is 13.3. The van der Waals surface area contributed by atoms with E-state index in [1.165, 1.54) is 5.56 Å². The smallest absolute Gasteiger partial charge is 0.275 e. The molecule has 2 aromatic carbocycles. The Bertz CT molecular complexity index is 1230. The largest absolute Gasteiger partial charge is 0.333 e. The van der Waals surface area contributed by atoms with Gasteiger partial charge in [0.15, 0.2) is 15.5 Å². The lowest BCUT2D eigenvalue weighted by Gasteiger charge is -2.28. The predicted molar refractivity (Wildman–Crippen MR) is 104 cm³/mol. The molecule has 3 aromatic rings. The fourth-order valence-corrected chi connectivity index (χ4v) is 5.83. The lowest BCUT2D eigenvalue weighted by molar-refractivity contribution is 0.0727. The summed E-state index contributed by atoms with van der Waals surface area (Å²) >= 11 is 0. The molecule has 1 amide bonds. The minimum absolute atomic E-state index is 0.196. The lowest BCUT2D eigenvalue weighted by Crippen LogP contribution is -2.36. The number of aryl methyl sites for hydroxylation is 1. The van der Waals surface area contributed by atoms with Crippen LogP contribution in [0.3, 0.4) is 0 Å². The van der Waals surface area contributed by atoms with Crippen LogP contribution in [0.5, 0.6) is 0 Å². The van der Waals surface area contributed by atoms with E-state index in [1.807, 2.05) is 18.2 Å². The summed E-state index contributed by atoms with van der Waals surface area (Å²) in [6.07, 6.45) is 0.790. The third-order valence-electron chi connectivity index (χ3n) is 5.58. The van der Waals surface area contributed by atoms with Gasteiger partial charge in [-0.2, -0.15) is 5.10 Å². The van der Waals surface area contributed by atoms with Crippen molar-refractivity contribution in [3.05, 3.63) is 70.9 Å². The second-order valence-corrected chi connectivity index (χ2v) is 9.26. The van der Waals surface area contributed by atoms with Crippen molar-refractivity contribution in [2.45, 2.75) is 23.6 Å². The van der Waals surface area contributed by atoms with Crippen LogP contribution in [0.1, 0.15) is 27.2 Å². The monoisotopic (exact) mass is 393 g/mol. The van der Waals surface area contributed by atoms with Crippen LogP contribution in [0.15, 0.2) is 53.4 Å². The minimum Gasteiger partial charge on any atom is -0.333 e. The average molecular weight is 393 g/mol. The van der Waals surface area contributed by atoms with Gasteiger partial charge in [-0.25, -0.2) is 8.42 Å². The van der Waals surface area contributed by atoms with E-state index >= 15 is 0 Å². The molecule has 1 aromatic heterocycles. The van der Waals surface area contributed by atoms with Crippen LogP contribution in [0, 0.1) is 0 Å². The number of aromatic nitrogens is 2. The van der Waals surface area contributed by atoms with Crippen molar-refractivity contribution in [3.8, 4) is 11.3 Å². The molecule has 28 heavy (non-hydrogen) atoms. The second kappa shape index (κ2) is 6.04. The first-order valence-corrected chi connectivity index (χ1v) is 10.8. The van der Waals surface area contributed by atoms with Crippen molar-refractivity contribution >= 4 is 15.7 Å². The topological polar surface area (TPSA) is 72.3 Å². The van der Waals surface area contributed by atoms with Crippen LogP contribution in [-0.2, 0) is 35.6 Å². The van der Waals surface area contributed by atoms with Crippen molar-refractivity contribution in [2.24, 2.45) is 7.05 Å². The Balaban J connectivity index is 1.59. The first-order valence-electron chi connectivity index (χ1n) is 9.20. The Morgan fingerprint density at radius 1 is 1.04 bits per heavy atom. The maximum Gasteiger partial charge on any atom is 0.275 e. The van der Waals surface area contributed by atoms with E-state index in [4.69, 9.17) is 0 Å². The minimum atomic E-state index is -3.50. The van der Waals surface area contributed by atoms with Gasteiger partial charge in [0.1, 0.15) is 0 Å². The van der Waals surface area contributed by atoms with Crippen molar-refractivity contribution in [2.75, 3.05) is 6.54 Å². The molecule has 3 heterocycles. The zero-order valence-corrected chi connectivity index (χ0v) is 16.2. The van der Waals surface area contributed by atoms with Gasteiger partial charge in [-0.05, 0) is 23.6 Å². The highest BCUT2D eigenvalue weighted by atomic mass is 32.2. The highest BCUT2D eigenvalue weighted by Gasteiger charge is 2.36. The van der Waals surface area contributed by atoms with E-state index in [1.54, 1.807) is 40.9 Å². The highest BCUT2D eigenvalue weighted by Crippen LogP contribution is 2.39. The third-order valence-corrected chi connectivity index (χ3v) is 7.27. The molecular formula is C21H19N3O3S. The molecule has 0 radical (unpaired) electrons. The van der Waals surface area contributed by atoms with Gasteiger partial charge in [0.2, 0.25) is 0 Å². The quantitative estimate of drug-likeness (QED) is 0.637. The lowest BCUT2D eigenvalue weighted by atomic mass is 9.99. The Labute approximate surface area is 163 Å². The normalized spacial score (nSPS) is 16.8. The van der Waals surface area contributed by atoms with E-state index in [-0.39, 0.29) is 17.4 Å². The van der Waals surface area contributed by atoms with Crippen LogP contribution < -0.4 is 0 Å². The zero-order chi connectivity index (χ0) is 19.5. The molecule has 142 valence electrons. The molecule has 0 N–H and O–H groups in total. The Kier molecular flexibility index (Phi) is 3.71. The van der Waals surface area contributed by atoms with Gasteiger partial charge in [0.25, 0.3) is 5.91 Å². The Hall–Kier alpha value is -2.93. The molecule has 0 spiro atoms. The second-order valence-electron chi connectivity index (χ2n) is 7.30. The molecule has 0 saturated heterocycles. The number of carbonyl (C=O) groups excluding carboxylic acids is 1. The van der Waals surface area contributed by atoms with Crippen molar-refractivity contribution in [1.82, 2.24) is 14.7 Å². The van der Waals surface area contributed by atoms with Gasteiger partial charge < -0.3 is 4.90 Å². The van der Waals surface area contributed by atoms with Crippen LogP contribution in [0.4, 0.5) is 0 Å². The summed E-state index contributed by atoms with van der Waals surface area (Å²) < 4.78 is 27.2. The molecule has 5 rings (SSSR count). The maximum atomic E-state index is 13.3. The first kappa shape index (κ1) is 17.2. The van der Waals surface area contributed by atoms with Crippen LogP contribution in [0.2, 0.25) is 0 Å². The van der Waals surface area contributed by atoms with Gasteiger partial charge >= 0.3 is 0 Å². The zero-order valence-electron chi connectivity index (χ0n) is 15.4. The van der Waals surface area contributed by atoms with E-state index in [9.17, 15) is 13.2 Å². The van der Waals surface area contributed by atoms with E-state index in [0.29, 0.717) is 34.8 Å². The number of hydrogen-bond donors (Lipinski definition) is 0. The number of rotatable bonds is 1. The number of nitrogens with zero attached hydrogens (tertiary/aromatic N) is 3. The number of amides is 1. The van der Waals surface area contributed by atoms with Crippen molar-refractivity contribution in [3.63, 3.8) is 0 Å². The standard InChI is InChI=1S/C21H19N3O3S/c1-23-20-16-8-4-5-9-18(16)28(26,27)13-17(20)19(22-23)21(25)24-11-10-14-6-2-3-7-15(14)12-24/h2-9H,10-13H2,1H3. The van der Waals surface area contributed by atoms with Crippen LogP contribution in [0.25, 0.3) is 11.3 Å². The number of benzene rings is 2. The molecule has 0 fully saturated rings. The summed E-state index contributed by atoms with van der Waals surface area (Å²) in [5.41, 5.74) is 4.46. The summed E-state index contributed by atoms with van der Waals surface area (Å²) in [6.45, 7) is 1.12. The molecule has 0 aliphatic carbocycles. The van der Waals surface area contributed by atoms with Crippen molar-refractivity contribution < 1.29 is 13.2 Å². The van der Waals surface area contributed by atoms with Crippen molar-refractivity contribution in [1.29, 1.82) is 0 Å². The molecule has 0 atom stereocenters. The summed E-state index contributed by atoms with van der Waals surface area (Å²) in [5, 5.41) is 4.45. The van der Waals surface area contributed by atoms with Crippen LogP contribution in [-0.4, -0.2) is 35.6 Å². The van der Waals surface area contributed by atoms with Gasteiger partial charge in [-0.15, -0.1) is 0 Å². The predicted octanol–water partition coefficient (Wildman–Crippen LogP) is 2.57. The Morgan fingerprint density at radius 3 is 2.57 bits per heavy atom. The number of carbonyl (C=O) groups is 1. The molecule has 6 nitrogen and oxygen atoms in total. The average Bonchev–Trinajstić information content (AvgIpc) is 3.02. The molecule has 7 heteroatoms. The fourth-order valence-electron chi connectivity index (χ4n) is 4.23. The number of sulfone groups is 1. The highest BCUT2D eigenvalue weighted by molar-refractivity contribution is 7.90. The molecule has 2 aliphatic heterocycles. The number of hydrogen-bond acceptors (Lipinski definition) is 4. The summed E-state index contributed by atoms with van der Waals surface area (Å²) in [7, 11) is -1.74.